The van der Waals surface area contributed by atoms with Crippen LogP contribution in [0.5, 0.6) is 0 Å². The van der Waals surface area contributed by atoms with Gasteiger partial charge in [-0.2, -0.15) is 0 Å². The van der Waals surface area contributed by atoms with Crippen LogP contribution in [0.4, 0.5) is 0 Å². The Bertz CT molecular complexity index is 130. The van der Waals surface area contributed by atoms with Crippen molar-refractivity contribution in [1.29, 1.82) is 0 Å². The van der Waals surface area contributed by atoms with Gasteiger partial charge in [0.15, 0.2) is 0 Å². The number of hydrogen-bond acceptors (Lipinski definition) is 1. The van der Waals surface area contributed by atoms with Gasteiger partial charge in [-0.1, -0.05) is 26.0 Å². The third-order valence-electron chi connectivity index (χ3n) is 2.40. The van der Waals surface area contributed by atoms with Crippen LogP contribution in [0, 0.1) is 11.8 Å². The van der Waals surface area contributed by atoms with Crippen molar-refractivity contribution in [2.24, 2.45) is 11.8 Å². The summed E-state index contributed by atoms with van der Waals surface area (Å²) in [4.78, 5) is 0. The fourth-order valence-corrected chi connectivity index (χ4v) is 1.11. The predicted octanol–water partition coefficient (Wildman–Crippen LogP) is 2.61. The largest absolute Gasteiger partial charge is 0.390 e. The second kappa shape index (κ2) is 3.91. The Kier molecular flexibility index (Phi) is 3.81. The minimum atomic E-state index is -0.571. The van der Waals surface area contributed by atoms with Crippen LogP contribution in [0.2, 0.25) is 0 Å². The Balaban J connectivity index is 4.13. The number of hydrogen-bond donors (Lipinski definition) is 1. The second-order valence-corrected chi connectivity index (χ2v) is 3.83. The molecule has 2 atom stereocenters. The summed E-state index contributed by atoms with van der Waals surface area (Å²) in [5, 5.41) is 9.65. The lowest BCUT2D eigenvalue weighted by molar-refractivity contribution is 0.0103. The van der Waals surface area contributed by atoms with Gasteiger partial charge in [0.25, 0.3) is 0 Å². The molecule has 1 heteroatoms. The first-order chi connectivity index (χ1) is 4.89. The molecule has 11 heavy (non-hydrogen) atoms. The number of rotatable bonds is 3. The van der Waals surface area contributed by atoms with Crippen LogP contribution in [-0.2, 0) is 0 Å². The van der Waals surface area contributed by atoms with Gasteiger partial charge in [0, 0.05) is 0 Å². The lowest BCUT2D eigenvalue weighted by atomic mass is 9.82. The molecule has 0 heterocycles. The minimum absolute atomic E-state index is 0.304. The first-order valence-corrected chi connectivity index (χ1v) is 4.24. The zero-order chi connectivity index (χ0) is 9.07. The summed E-state index contributed by atoms with van der Waals surface area (Å²) in [7, 11) is 0. The molecule has 0 radical (unpaired) electrons. The molecule has 0 saturated carbocycles. The van der Waals surface area contributed by atoms with E-state index in [0.717, 1.165) is 0 Å². The lowest BCUT2D eigenvalue weighted by Crippen LogP contribution is -2.32. The summed E-state index contributed by atoms with van der Waals surface area (Å²) in [6, 6.07) is 0. The molecule has 1 N–H and O–H groups in total. The number of allylic oxidation sites excluding steroid dienone is 2. The van der Waals surface area contributed by atoms with Crippen molar-refractivity contribution in [2.45, 2.75) is 40.2 Å². The topological polar surface area (TPSA) is 20.2 Å². The molecule has 66 valence electrons. The van der Waals surface area contributed by atoms with Crippen molar-refractivity contribution in [3.63, 3.8) is 0 Å². The van der Waals surface area contributed by atoms with Crippen molar-refractivity contribution in [3.8, 4) is 0 Å². The molecule has 1 nitrogen and oxygen atoms in total. The van der Waals surface area contributed by atoms with Gasteiger partial charge in [-0.25, -0.2) is 0 Å². The molecule has 0 rings (SSSR count). The van der Waals surface area contributed by atoms with Crippen LogP contribution in [0.25, 0.3) is 0 Å². The van der Waals surface area contributed by atoms with Gasteiger partial charge in [0.1, 0.15) is 0 Å². The van der Waals surface area contributed by atoms with Gasteiger partial charge in [0.05, 0.1) is 5.60 Å². The quantitative estimate of drug-likeness (QED) is 0.623. The number of aliphatic hydroxyl groups is 1. The van der Waals surface area contributed by atoms with Crippen LogP contribution < -0.4 is 0 Å². The molecule has 0 aliphatic rings. The molecule has 0 aliphatic carbocycles. The summed E-state index contributed by atoms with van der Waals surface area (Å²) >= 11 is 0. The zero-order valence-corrected chi connectivity index (χ0v) is 8.26. The van der Waals surface area contributed by atoms with Crippen LogP contribution in [-0.4, -0.2) is 10.7 Å². The van der Waals surface area contributed by atoms with E-state index in [1.54, 1.807) is 0 Å². The molecule has 0 bridgehead atoms. The van der Waals surface area contributed by atoms with E-state index in [9.17, 15) is 5.11 Å². The summed E-state index contributed by atoms with van der Waals surface area (Å²) in [5.74, 6) is 0.749. The van der Waals surface area contributed by atoms with Crippen molar-refractivity contribution >= 4 is 0 Å². The van der Waals surface area contributed by atoms with Crippen molar-refractivity contribution in [2.75, 3.05) is 0 Å². The Hall–Kier alpha value is -0.300. The van der Waals surface area contributed by atoms with E-state index in [1.807, 2.05) is 26.8 Å². The van der Waals surface area contributed by atoms with Gasteiger partial charge < -0.3 is 5.11 Å². The van der Waals surface area contributed by atoms with Gasteiger partial charge in [0.2, 0.25) is 0 Å². The Morgan fingerprint density at radius 1 is 1.27 bits per heavy atom. The van der Waals surface area contributed by atoms with E-state index in [0.29, 0.717) is 11.8 Å². The highest BCUT2D eigenvalue weighted by atomic mass is 16.3. The maximum atomic E-state index is 9.65. The summed E-state index contributed by atoms with van der Waals surface area (Å²) in [6.45, 7) is 9.93. The molecular weight excluding hydrogens is 136 g/mol. The average molecular weight is 156 g/mol. The van der Waals surface area contributed by atoms with Gasteiger partial charge >= 0.3 is 0 Å². The highest BCUT2D eigenvalue weighted by Crippen LogP contribution is 2.24. The summed E-state index contributed by atoms with van der Waals surface area (Å²) < 4.78 is 0. The van der Waals surface area contributed by atoms with Crippen LogP contribution in [0.15, 0.2) is 12.2 Å². The van der Waals surface area contributed by atoms with Crippen LogP contribution >= 0.6 is 0 Å². The normalized spacial score (nSPS) is 18.7. The van der Waals surface area contributed by atoms with Crippen LogP contribution in [0.1, 0.15) is 34.6 Å². The Morgan fingerprint density at radius 3 is 2.00 bits per heavy atom. The third kappa shape index (κ3) is 3.57. The van der Waals surface area contributed by atoms with E-state index in [1.165, 1.54) is 0 Å². The third-order valence-corrected chi connectivity index (χ3v) is 2.40. The van der Waals surface area contributed by atoms with Crippen LogP contribution in [0.3, 0.4) is 0 Å². The zero-order valence-electron chi connectivity index (χ0n) is 8.26. The molecule has 0 amide bonds. The maximum Gasteiger partial charge on any atom is 0.0622 e. The smallest absolute Gasteiger partial charge is 0.0622 e. The molecule has 0 aliphatic heterocycles. The van der Waals surface area contributed by atoms with Crippen molar-refractivity contribution in [1.82, 2.24) is 0 Å². The highest BCUT2D eigenvalue weighted by Gasteiger charge is 2.25. The fraction of sp³-hybridized carbons (Fsp3) is 0.800. The van der Waals surface area contributed by atoms with Crippen molar-refractivity contribution < 1.29 is 5.11 Å². The van der Waals surface area contributed by atoms with E-state index in [4.69, 9.17) is 0 Å². The standard InChI is InChI=1S/C10H20O/c1-6-7-8(2)9(3)10(4,5)11/h6-9,11H,1-5H3. The molecule has 2 unspecified atom stereocenters. The summed E-state index contributed by atoms with van der Waals surface area (Å²) in [5.41, 5.74) is -0.571. The Morgan fingerprint density at radius 2 is 1.73 bits per heavy atom. The first kappa shape index (κ1) is 10.7. The molecule has 0 saturated heterocycles. The van der Waals surface area contributed by atoms with Gasteiger partial charge in [-0.05, 0) is 32.6 Å². The molecule has 0 aromatic heterocycles. The molecule has 0 aromatic rings. The summed E-state index contributed by atoms with van der Waals surface area (Å²) in [6.07, 6.45) is 4.16. The molecule has 0 aromatic carbocycles. The van der Waals surface area contributed by atoms with E-state index >= 15 is 0 Å². The van der Waals surface area contributed by atoms with Gasteiger partial charge in [-0.3, -0.25) is 0 Å². The fourth-order valence-electron chi connectivity index (χ4n) is 1.11. The lowest BCUT2D eigenvalue weighted by Gasteiger charge is -2.29. The monoisotopic (exact) mass is 156 g/mol. The molecule has 0 spiro atoms. The highest BCUT2D eigenvalue weighted by molar-refractivity contribution is 4.90. The van der Waals surface area contributed by atoms with Crippen molar-refractivity contribution in [3.05, 3.63) is 12.2 Å². The van der Waals surface area contributed by atoms with E-state index < -0.39 is 5.60 Å². The molecular formula is C10H20O. The SMILES string of the molecule is CC=CC(C)C(C)C(C)(C)O. The van der Waals surface area contributed by atoms with E-state index in [2.05, 4.69) is 19.9 Å². The average Bonchev–Trinajstić information content (AvgIpc) is 1.85. The predicted molar refractivity (Wildman–Crippen MR) is 49.4 cm³/mol. The van der Waals surface area contributed by atoms with Gasteiger partial charge in [-0.15, -0.1) is 0 Å². The first-order valence-electron chi connectivity index (χ1n) is 4.24. The van der Waals surface area contributed by atoms with E-state index in [-0.39, 0.29) is 0 Å². The maximum absolute atomic E-state index is 9.65. The second-order valence-electron chi connectivity index (χ2n) is 3.83. The minimum Gasteiger partial charge on any atom is -0.390 e. The molecule has 0 fully saturated rings. The Labute approximate surface area is 70.1 Å².